The number of amides is 1. The van der Waals surface area contributed by atoms with Gasteiger partial charge in [0.2, 0.25) is 15.9 Å². The molecule has 0 saturated heterocycles. The van der Waals surface area contributed by atoms with Crippen molar-refractivity contribution >= 4 is 56.4 Å². The van der Waals surface area contributed by atoms with E-state index in [1.807, 2.05) is 0 Å². The molecule has 134 valence electrons. The van der Waals surface area contributed by atoms with Gasteiger partial charge in [0, 0.05) is 7.05 Å². The Morgan fingerprint density at radius 3 is 2.36 bits per heavy atom. The van der Waals surface area contributed by atoms with Crippen molar-refractivity contribution in [1.82, 2.24) is 4.31 Å². The largest absolute Gasteiger partial charge is 0.324 e. The van der Waals surface area contributed by atoms with E-state index in [0.717, 1.165) is 4.31 Å². The highest BCUT2D eigenvalue weighted by Gasteiger charge is 2.21. The highest BCUT2D eigenvalue weighted by atomic mass is 35.5. The fraction of sp³-hybridized carbons (Fsp3) is 0.188. The molecule has 0 aromatic heterocycles. The van der Waals surface area contributed by atoms with E-state index in [-0.39, 0.29) is 17.3 Å². The van der Waals surface area contributed by atoms with E-state index in [0.29, 0.717) is 21.3 Å². The quantitative estimate of drug-likeness (QED) is 0.765. The molecular weight excluding hydrogens is 407 g/mol. The number of benzene rings is 2. The van der Waals surface area contributed by atoms with Crippen molar-refractivity contribution in [2.24, 2.45) is 0 Å². The first-order chi connectivity index (χ1) is 11.7. The number of likely N-dealkylation sites (N-methyl/N-ethyl adjacent to an activating group) is 1. The van der Waals surface area contributed by atoms with Crippen molar-refractivity contribution < 1.29 is 13.2 Å². The second kappa shape index (κ2) is 8.38. The number of carbonyl (C=O) groups is 1. The van der Waals surface area contributed by atoms with Crippen molar-refractivity contribution in [1.29, 1.82) is 0 Å². The smallest absolute Gasteiger partial charge is 0.239 e. The molecule has 1 N–H and O–H groups in total. The Balaban J connectivity index is 2.02. The predicted molar refractivity (Wildman–Crippen MR) is 102 cm³/mol. The van der Waals surface area contributed by atoms with Gasteiger partial charge in [-0.15, -0.1) is 0 Å². The maximum absolute atomic E-state index is 12.4. The van der Waals surface area contributed by atoms with E-state index in [1.165, 1.54) is 19.2 Å². The number of carbonyl (C=O) groups excluding carboxylic acids is 1. The van der Waals surface area contributed by atoms with E-state index in [2.05, 4.69) is 5.32 Å². The first-order valence-electron chi connectivity index (χ1n) is 7.11. The number of para-hydroxylation sites is 1. The van der Waals surface area contributed by atoms with Crippen LogP contribution in [-0.2, 0) is 20.6 Å². The summed E-state index contributed by atoms with van der Waals surface area (Å²) in [6.45, 7) is -0.338. The zero-order chi connectivity index (χ0) is 18.6. The average Bonchev–Trinajstić information content (AvgIpc) is 2.53. The third-order valence-electron chi connectivity index (χ3n) is 3.32. The van der Waals surface area contributed by atoms with Crippen molar-refractivity contribution in [2.45, 2.75) is 5.75 Å². The molecule has 0 unspecified atom stereocenters. The standard InChI is InChI=1S/C16H15Cl3N2O3S/c1-21(9-16(22)20-15-5-3-2-4-13(15)18)25(23,24)10-11-6-7-12(17)14(19)8-11/h2-8H,9-10H2,1H3,(H,20,22). The minimum Gasteiger partial charge on any atom is -0.324 e. The SMILES string of the molecule is CN(CC(=O)Nc1ccccc1Cl)S(=O)(=O)Cc1ccc(Cl)c(Cl)c1. The molecule has 0 radical (unpaired) electrons. The van der Waals surface area contributed by atoms with Gasteiger partial charge in [0.1, 0.15) is 0 Å². The van der Waals surface area contributed by atoms with Gasteiger partial charge in [0.25, 0.3) is 0 Å². The maximum Gasteiger partial charge on any atom is 0.239 e. The average molecular weight is 422 g/mol. The number of hydrogen-bond acceptors (Lipinski definition) is 3. The highest BCUT2D eigenvalue weighted by Crippen LogP contribution is 2.24. The van der Waals surface area contributed by atoms with Gasteiger partial charge in [-0.1, -0.05) is 53.0 Å². The van der Waals surface area contributed by atoms with Crippen molar-refractivity contribution in [2.75, 3.05) is 18.9 Å². The molecule has 0 bridgehead atoms. The Kier molecular flexibility index (Phi) is 6.71. The van der Waals surface area contributed by atoms with E-state index >= 15 is 0 Å². The number of rotatable bonds is 6. The van der Waals surface area contributed by atoms with Crippen LogP contribution in [0.4, 0.5) is 5.69 Å². The lowest BCUT2D eigenvalue weighted by atomic mass is 10.2. The number of halogens is 3. The van der Waals surface area contributed by atoms with Gasteiger partial charge in [-0.05, 0) is 29.8 Å². The molecule has 1 amide bonds. The summed E-state index contributed by atoms with van der Waals surface area (Å²) in [5.74, 6) is -0.784. The van der Waals surface area contributed by atoms with Crippen LogP contribution in [0.5, 0.6) is 0 Å². The van der Waals surface area contributed by atoms with Gasteiger partial charge in [0.15, 0.2) is 0 Å². The molecule has 0 saturated carbocycles. The van der Waals surface area contributed by atoms with Gasteiger partial charge in [-0.3, -0.25) is 4.79 Å². The molecule has 0 atom stereocenters. The molecule has 2 rings (SSSR count). The molecular formula is C16H15Cl3N2O3S. The first-order valence-corrected chi connectivity index (χ1v) is 9.85. The Hall–Kier alpha value is -1.31. The molecule has 9 heteroatoms. The van der Waals surface area contributed by atoms with Gasteiger partial charge in [-0.2, -0.15) is 4.31 Å². The molecule has 5 nitrogen and oxygen atoms in total. The normalized spacial score (nSPS) is 11.6. The van der Waals surface area contributed by atoms with Crippen LogP contribution in [0.15, 0.2) is 42.5 Å². The summed E-state index contributed by atoms with van der Waals surface area (Å²) in [6, 6.07) is 11.3. The topological polar surface area (TPSA) is 66.5 Å². The fourth-order valence-corrected chi connectivity index (χ4v) is 3.64. The summed E-state index contributed by atoms with van der Waals surface area (Å²) >= 11 is 17.7. The van der Waals surface area contributed by atoms with Crippen molar-refractivity contribution in [3.63, 3.8) is 0 Å². The Labute approximate surface area is 161 Å². The van der Waals surface area contributed by atoms with Crippen LogP contribution in [0.2, 0.25) is 15.1 Å². The van der Waals surface area contributed by atoms with Crippen LogP contribution < -0.4 is 5.32 Å². The van der Waals surface area contributed by atoms with Crippen LogP contribution in [-0.4, -0.2) is 32.2 Å². The van der Waals surface area contributed by atoms with Crippen LogP contribution in [0.1, 0.15) is 5.56 Å². The van der Waals surface area contributed by atoms with Crippen LogP contribution in [0.25, 0.3) is 0 Å². The summed E-state index contributed by atoms with van der Waals surface area (Å²) < 4.78 is 25.8. The molecule has 2 aromatic rings. The van der Waals surface area contributed by atoms with E-state index in [1.54, 1.807) is 30.3 Å². The lowest BCUT2D eigenvalue weighted by Gasteiger charge is -2.17. The van der Waals surface area contributed by atoms with Crippen molar-refractivity contribution in [3.05, 3.63) is 63.1 Å². The molecule has 0 heterocycles. The van der Waals surface area contributed by atoms with Gasteiger partial charge >= 0.3 is 0 Å². The van der Waals surface area contributed by atoms with Crippen molar-refractivity contribution in [3.8, 4) is 0 Å². The predicted octanol–water partition coefficient (Wildman–Crippen LogP) is 4.05. The molecule has 0 aliphatic rings. The zero-order valence-electron chi connectivity index (χ0n) is 13.2. The Morgan fingerprint density at radius 1 is 1.04 bits per heavy atom. The van der Waals surface area contributed by atoms with E-state index < -0.39 is 15.9 Å². The zero-order valence-corrected chi connectivity index (χ0v) is 16.3. The minimum atomic E-state index is -3.70. The number of sulfonamides is 1. The van der Waals surface area contributed by atoms with E-state index in [9.17, 15) is 13.2 Å². The summed E-state index contributed by atoms with van der Waals surface area (Å²) in [5, 5.41) is 3.57. The molecule has 0 aliphatic heterocycles. The molecule has 0 spiro atoms. The van der Waals surface area contributed by atoms with Gasteiger partial charge < -0.3 is 5.32 Å². The maximum atomic E-state index is 12.4. The second-order valence-corrected chi connectivity index (χ2v) is 8.59. The Bertz CT molecular complexity index is 888. The summed E-state index contributed by atoms with van der Waals surface area (Å²) in [5.41, 5.74) is 0.900. The second-order valence-electron chi connectivity index (χ2n) is 5.29. The summed E-state index contributed by atoms with van der Waals surface area (Å²) in [7, 11) is -2.37. The third kappa shape index (κ3) is 5.59. The molecule has 2 aromatic carbocycles. The minimum absolute atomic E-state index is 0.272. The Morgan fingerprint density at radius 2 is 1.72 bits per heavy atom. The fourth-order valence-electron chi connectivity index (χ4n) is 2.00. The van der Waals surface area contributed by atoms with Crippen LogP contribution in [0, 0.1) is 0 Å². The van der Waals surface area contributed by atoms with E-state index in [4.69, 9.17) is 34.8 Å². The first kappa shape index (κ1) is 20.0. The molecule has 0 aliphatic carbocycles. The number of nitrogens with zero attached hydrogens (tertiary/aromatic N) is 1. The number of nitrogens with one attached hydrogen (secondary N) is 1. The summed E-state index contributed by atoms with van der Waals surface area (Å²) in [6.07, 6.45) is 0. The number of anilines is 1. The van der Waals surface area contributed by atoms with Crippen LogP contribution in [0.3, 0.4) is 0 Å². The lowest BCUT2D eigenvalue weighted by molar-refractivity contribution is -0.116. The monoisotopic (exact) mass is 420 g/mol. The lowest BCUT2D eigenvalue weighted by Crippen LogP contribution is -2.35. The van der Waals surface area contributed by atoms with Gasteiger partial charge in [0.05, 0.1) is 33.1 Å². The highest BCUT2D eigenvalue weighted by molar-refractivity contribution is 7.88. The van der Waals surface area contributed by atoms with Gasteiger partial charge in [-0.25, -0.2) is 8.42 Å². The third-order valence-corrected chi connectivity index (χ3v) is 6.17. The molecule has 25 heavy (non-hydrogen) atoms. The summed E-state index contributed by atoms with van der Waals surface area (Å²) in [4.78, 5) is 12.1. The molecule has 0 fully saturated rings. The number of hydrogen-bond donors (Lipinski definition) is 1. The van der Waals surface area contributed by atoms with Crippen LogP contribution >= 0.6 is 34.8 Å².